The Morgan fingerprint density at radius 1 is 1.23 bits per heavy atom. The first kappa shape index (κ1) is 22.4. The Kier molecular flexibility index (Phi) is 6.12. The van der Waals surface area contributed by atoms with Crippen molar-refractivity contribution in [2.45, 2.75) is 25.6 Å². The number of fused-ring (bicyclic) bond motifs is 1. The van der Waals surface area contributed by atoms with Gasteiger partial charge in [0.2, 0.25) is 5.88 Å². The summed E-state index contributed by atoms with van der Waals surface area (Å²) in [6, 6.07) is 5.76. The molecule has 10 heteroatoms. The number of ether oxygens (including phenoxy) is 3. The number of methoxy groups -OCH3 is 2. The highest BCUT2D eigenvalue weighted by Gasteiger charge is 2.39. The minimum absolute atomic E-state index is 0.0797. The molecule has 0 fully saturated rings. The monoisotopic (exact) mass is 438 g/mol. The van der Waals surface area contributed by atoms with Crippen LogP contribution in [0, 0.1) is 6.92 Å². The maximum Gasteiger partial charge on any atom is 0.416 e. The van der Waals surface area contributed by atoms with E-state index in [0.717, 1.165) is 19.2 Å². The molecule has 1 aromatic carbocycles. The quantitative estimate of drug-likeness (QED) is 0.722. The summed E-state index contributed by atoms with van der Waals surface area (Å²) < 4.78 is 55.9. The summed E-state index contributed by atoms with van der Waals surface area (Å²) in [4.78, 5) is 25.8. The van der Waals surface area contributed by atoms with Gasteiger partial charge in [0.1, 0.15) is 11.3 Å². The number of carbonyl (C=O) groups excluding carboxylic acids is 1. The van der Waals surface area contributed by atoms with Gasteiger partial charge in [-0.05, 0) is 24.6 Å². The Hall–Kier alpha value is -3.27. The maximum absolute atomic E-state index is 13.3. The molecular weight excluding hydrogens is 417 g/mol. The number of halogens is 3. The van der Waals surface area contributed by atoms with E-state index in [4.69, 9.17) is 19.9 Å². The molecule has 2 N–H and O–H groups in total. The molecule has 2 aromatic rings. The van der Waals surface area contributed by atoms with Gasteiger partial charge < -0.3 is 24.5 Å². The molecule has 1 aromatic heterocycles. The summed E-state index contributed by atoms with van der Waals surface area (Å²) in [5.41, 5.74) is 5.39. The lowest BCUT2D eigenvalue weighted by atomic mass is 9.83. The Bertz CT molecular complexity index is 1090. The average Bonchev–Trinajstić information content (AvgIpc) is 2.71. The van der Waals surface area contributed by atoms with Gasteiger partial charge in [0.25, 0.3) is 5.56 Å². The van der Waals surface area contributed by atoms with E-state index in [-0.39, 0.29) is 41.5 Å². The van der Waals surface area contributed by atoms with Gasteiger partial charge in [0.05, 0.1) is 30.8 Å². The van der Waals surface area contributed by atoms with Crippen LogP contribution in [-0.2, 0) is 27.0 Å². The van der Waals surface area contributed by atoms with Crippen molar-refractivity contribution in [1.82, 2.24) is 4.57 Å². The zero-order valence-corrected chi connectivity index (χ0v) is 17.1. The first-order valence-electron chi connectivity index (χ1n) is 9.26. The molecule has 0 spiro atoms. The number of aryl methyl sites for hydroxylation is 1. The van der Waals surface area contributed by atoms with Crippen LogP contribution < -0.4 is 16.0 Å². The number of rotatable bonds is 5. The summed E-state index contributed by atoms with van der Waals surface area (Å²) >= 11 is 0. The van der Waals surface area contributed by atoms with Crippen molar-refractivity contribution in [2.75, 3.05) is 20.8 Å². The second-order valence-electron chi connectivity index (χ2n) is 6.94. The number of alkyl halides is 3. The van der Waals surface area contributed by atoms with Crippen LogP contribution in [0.1, 0.15) is 28.3 Å². The van der Waals surface area contributed by atoms with Gasteiger partial charge in [-0.3, -0.25) is 4.79 Å². The summed E-state index contributed by atoms with van der Waals surface area (Å²) in [6.45, 7) is 2.19. The molecular formula is C21H21F3N2O5. The minimum Gasteiger partial charge on any atom is -0.465 e. The number of benzene rings is 1. The fourth-order valence-electron chi connectivity index (χ4n) is 3.55. The standard InChI is InChI=1S/C21H21F3N2O5/c1-11-10-14-16(19(27)26(11)8-9-29-2)15(17(18(25)31-14)20(28)30-3)12-4-6-13(7-5-12)21(22,23)24/h4-7,10,15H,8-9,25H2,1-3H3/t15-/m0/s1. The van der Waals surface area contributed by atoms with Crippen LogP contribution in [0.3, 0.4) is 0 Å². The number of aromatic nitrogens is 1. The molecule has 1 atom stereocenters. The number of nitrogens with zero attached hydrogens (tertiary/aromatic N) is 1. The number of pyridine rings is 1. The highest BCUT2D eigenvalue weighted by Crippen LogP contribution is 2.42. The van der Waals surface area contributed by atoms with Crippen LogP contribution in [0.15, 0.2) is 46.6 Å². The number of carbonyl (C=O) groups is 1. The molecule has 0 saturated heterocycles. The predicted molar refractivity (Wildman–Crippen MR) is 104 cm³/mol. The van der Waals surface area contributed by atoms with E-state index in [1.54, 1.807) is 13.0 Å². The van der Waals surface area contributed by atoms with Gasteiger partial charge in [-0.2, -0.15) is 13.2 Å². The first-order valence-corrected chi connectivity index (χ1v) is 9.26. The normalized spacial score (nSPS) is 16.0. The van der Waals surface area contributed by atoms with E-state index in [1.807, 2.05) is 0 Å². The lowest BCUT2D eigenvalue weighted by molar-refractivity contribution is -0.138. The van der Waals surface area contributed by atoms with E-state index < -0.39 is 29.2 Å². The van der Waals surface area contributed by atoms with Gasteiger partial charge in [0.15, 0.2) is 0 Å². The van der Waals surface area contributed by atoms with E-state index >= 15 is 0 Å². The minimum atomic E-state index is -4.53. The third-order valence-corrected chi connectivity index (χ3v) is 5.07. The molecule has 3 rings (SSSR count). The molecule has 0 aliphatic carbocycles. The molecule has 1 aliphatic heterocycles. The van der Waals surface area contributed by atoms with Crippen molar-refractivity contribution < 1.29 is 32.2 Å². The molecule has 0 saturated carbocycles. The molecule has 166 valence electrons. The molecule has 0 amide bonds. The third-order valence-electron chi connectivity index (χ3n) is 5.07. The first-order chi connectivity index (χ1) is 14.6. The number of hydrogen-bond acceptors (Lipinski definition) is 6. The lowest BCUT2D eigenvalue weighted by Crippen LogP contribution is -2.35. The molecule has 0 radical (unpaired) electrons. The molecule has 7 nitrogen and oxygen atoms in total. The van der Waals surface area contributed by atoms with Crippen LogP contribution in [0.5, 0.6) is 5.75 Å². The summed E-state index contributed by atoms with van der Waals surface area (Å²) in [6.07, 6.45) is -4.53. The molecule has 2 heterocycles. The fourth-order valence-corrected chi connectivity index (χ4v) is 3.55. The average molecular weight is 438 g/mol. The smallest absolute Gasteiger partial charge is 0.416 e. The van der Waals surface area contributed by atoms with Crippen LogP contribution in [0.2, 0.25) is 0 Å². The predicted octanol–water partition coefficient (Wildman–Crippen LogP) is 2.69. The van der Waals surface area contributed by atoms with Gasteiger partial charge in [-0.15, -0.1) is 0 Å². The molecule has 31 heavy (non-hydrogen) atoms. The van der Waals surface area contributed by atoms with Crippen LogP contribution in [0.4, 0.5) is 13.2 Å². The zero-order valence-electron chi connectivity index (χ0n) is 17.1. The highest BCUT2D eigenvalue weighted by molar-refractivity contribution is 5.92. The van der Waals surface area contributed by atoms with E-state index in [1.165, 1.54) is 23.8 Å². The van der Waals surface area contributed by atoms with E-state index in [9.17, 15) is 22.8 Å². The SMILES string of the molecule is COCCn1c(C)cc2c(c1=O)[C@H](c1ccc(C(F)(F)F)cc1)C(C(=O)OC)=C(N)O2. The summed E-state index contributed by atoms with van der Waals surface area (Å²) in [7, 11) is 2.62. The Morgan fingerprint density at radius 3 is 2.42 bits per heavy atom. The van der Waals surface area contributed by atoms with E-state index in [0.29, 0.717) is 5.69 Å². The highest BCUT2D eigenvalue weighted by atomic mass is 19.4. The van der Waals surface area contributed by atoms with Crippen molar-refractivity contribution in [3.63, 3.8) is 0 Å². The summed E-state index contributed by atoms with van der Waals surface area (Å²) in [5, 5.41) is 0. The van der Waals surface area contributed by atoms with Crippen molar-refractivity contribution in [3.05, 3.63) is 74.5 Å². The van der Waals surface area contributed by atoms with Crippen molar-refractivity contribution in [2.24, 2.45) is 5.73 Å². The molecule has 0 unspecified atom stereocenters. The van der Waals surface area contributed by atoms with Crippen LogP contribution in [0.25, 0.3) is 0 Å². The second kappa shape index (κ2) is 8.46. The van der Waals surface area contributed by atoms with Gasteiger partial charge in [0, 0.05) is 25.4 Å². The number of esters is 1. The van der Waals surface area contributed by atoms with Gasteiger partial charge in [-0.25, -0.2) is 4.79 Å². The second-order valence-corrected chi connectivity index (χ2v) is 6.94. The Labute approximate surface area is 175 Å². The fraction of sp³-hybridized carbons (Fsp3) is 0.333. The van der Waals surface area contributed by atoms with Crippen molar-refractivity contribution in [3.8, 4) is 5.75 Å². The van der Waals surface area contributed by atoms with Gasteiger partial charge in [-0.1, -0.05) is 12.1 Å². The zero-order chi connectivity index (χ0) is 22.9. The number of hydrogen-bond donors (Lipinski definition) is 1. The van der Waals surface area contributed by atoms with E-state index in [2.05, 4.69) is 0 Å². The maximum atomic E-state index is 13.3. The Balaban J connectivity index is 2.25. The van der Waals surface area contributed by atoms with Crippen molar-refractivity contribution in [1.29, 1.82) is 0 Å². The summed E-state index contributed by atoms with van der Waals surface area (Å²) in [5.74, 6) is -2.07. The topological polar surface area (TPSA) is 92.8 Å². The molecule has 0 bridgehead atoms. The third kappa shape index (κ3) is 4.15. The van der Waals surface area contributed by atoms with Crippen molar-refractivity contribution >= 4 is 5.97 Å². The largest absolute Gasteiger partial charge is 0.465 e. The Morgan fingerprint density at radius 2 is 1.87 bits per heavy atom. The lowest BCUT2D eigenvalue weighted by Gasteiger charge is -2.29. The van der Waals surface area contributed by atoms with Crippen LogP contribution in [-0.4, -0.2) is 31.4 Å². The van der Waals surface area contributed by atoms with Crippen LogP contribution >= 0.6 is 0 Å². The number of nitrogens with two attached hydrogens (primary N) is 1. The molecule has 1 aliphatic rings. The van der Waals surface area contributed by atoms with Gasteiger partial charge >= 0.3 is 12.1 Å².